The topological polar surface area (TPSA) is 86.5 Å². The molecule has 1 heterocycles. The molecule has 1 aromatic heterocycles. The van der Waals surface area contributed by atoms with Crippen LogP contribution in [0.25, 0.3) is 0 Å². The van der Waals surface area contributed by atoms with Crippen LogP contribution in [0.2, 0.25) is 0 Å². The van der Waals surface area contributed by atoms with Crippen LogP contribution < -0.4 is 10.1 Å². The van der Waals surface area contributed by atoms with E-state index in [-0.39, 0.29) is 17.5 Å². The molecule has 0 spiro atoms. The van der Waals surface area contributed by atoms with Crippen molar-refractivity contribution in [2.24, 2.45) is 0 Å². The van der Waals surface area contributed by atoms with Gasteiger partial charge in [-0.25, -0.2) is 0 Å². The maximum atomic E-state index is 10.8. The van der Waals surface area contributed by atoms with Gasteiger partial charge in [0, 0.05) is 25.3 Å². The fraction of sp³-hybridized carbons (Fsp3) is 0.500. The Morgan fingerprint density at radius 2 is 2.24 bits per heavy atom. The van der Waals surface area contributed by atoms with Crippen molar-refractivity contribution in [3.63, 3.8) is 0 Å². The summed E-state index contributed by atoms with van der Waals surface area (Å²) in [6, 6.07) is 2.72. The fourth-order valence-electron chi connectivity index (χ4n) is 1.33. The molecule has 0 fully saturated rings. The predicted octanol–water partition coefficient (Wildman–Crippen LogP) is 1.45. The first-order valence-electron chi connectivity index (χ1n) is 5.03. The van der Waals surface area contributed by atoms with E-state index in [1.54, 1.807) is 7.11 Å². The number of methoxy groups -OCH3 is 2. The van der Waals surface area contributed by atoms with Gasteiger partial charge in [0.1, 0.15) is 0 Å². The van der Waals surface area contributed by atoms with Crippen LogP contribution in [0, 0.1) is 10.1 Å². The van der Waals surface area contributed by atoms with Gasteiger partial charge in [0.05, 0.1) is 18.6 Å². The number of nitrogens with zero attached hydrogens (tertiary/aromatic N) is 2. The van der Waals surface area contributed by atoms with E-state index in [1.165, 1.54) is 19.2 Å². The number of ether oxygens (including phenoxy) is 2. The minimum atomic E-state index is -0.492. The molecule has 0 aliphatic carbocycles. The lowest BCUT2D eigenvalue weighted by Gasteiger charge is -2.13. The zero-order valence-corrected chi connectivity index (χ0v) is 9.97. The zero-order valence-electron chi connectivity index (χ0n) is 9.97. The summed E-state index contributed by atoms with van der Waals surface area (Å²) in [5.41, 5.74) is -0.0891. The summed E-state index contributed by atoms with van der Waals surface area (Å²) in [7, 11) is 3.02. The first kappa shape index (κ1) is 13.2. The van der Waals surface area contributed by atoms with E-state index in [2.05, 4.69) is 10.3 Å². The molecule has 0 radical (unpaired) electrons. The van der Waals surface area contributed by atoms with Crippen molar-refractivity contribution in [3.8, 4) is 5.88 Å². The summed E-state index contributed by atoms with van der Waals surface area (Å²) in [6.45, 7) is 2.27. The molecule has 1 aromatic rings. The van der Waals surface area contributed by atoms with E-state index >= 15 is 0 Å². The second-order valence-electron chi connectivity index (χ2n) is 3.48. The number of rotatable bonds is 6. The van der Waals surface area contributed by atoms with E-state index in [1.807, 2.05) is 6.92 Å². The van der Waals surface area contributed by atoms with Gasteiger partial charge in [-0.2, -0.15) is 4.98 Å². The summed E-state index contributed by atoms with van der Waals surface area (Å²) < 4.78 is 9.87. The molecule has 0 aromatic carbocycles. The highest BCUT2D eigenvalue weighted by Gasteiger charge is 2.17. The molecule has 94 valence electrons. The SMILES string of the molecule is COCC(C)Nc1nc(OC)ccc1[N+](=O)[O-]. The van der Waals surface area contributed by atoms with E-state index in [4.69, 9.17) is 9.47 Å². The molecular weight excluding hydrogens is 226 g/mol. The molecular formula is C10H15N3O4. The van der Waals surface area contributed by atoms with E-state index in [0.29, 0.717) is 12.5 Å². The molecule has 0 bridgehead atoms. The molecule has 0 saturated heterocycles. The Balaban J connectivity index is 2.96. The molecule has 1 rings (SSSR count). The fourth-order valence-corrected chi connectivity index (χ4v) is 1.33. The van der Waals surface area contributed by atoms with Gasteiger partial charge >= 0.3 is 5.69 Å². The quantitative estimate of drug-likeness (QED) is 0.599. The van der Waals surface area contributed by atoms with Gasteiger partial charge in [0.15, 0.2) is 0 Å². The first-order chi connectivity index (χ1) is 8.08. The van der Waals surface area contributed by atoms with Crippen molar-refractivity contribution in [2.45, 2.75) is 13.0 Å². The lowest BCUT2D eigenvalue weighted by atomic mass is 10.3. The number of anilines is 1. The van der Waals surface area contributed by atoms with Gasteiger partial charge in [-0.3, -0.25) is 10.1 Å². The molecule has 1 atom stereocenters. The number of hydrogen-bond donors (Lipinski definition) is 1. The molecule has 17 heavy (non-hydrogen) atoms. The Bertz CT molecular complexity index is 397. The monoisotopic (exact) mass is 241 g/mol. The Labute approximate surface area is 98.9 Å². The summed E-state index contributed by atoms with van der Waals surface area (Å²) in [5.74, 6) is 0.501. The Morgan fingerprint density at radius 1 is 1.53 bits per heavy atom. The summed E-state index contributed by atoms with van der Waals surface area (Å²) in [5, 5.41) is 13.7. The minimum Gasteiger partial charge on any atom is -0.481 e. The normalized spacial score (nSPS) is 11.9. The third-order valence-electron chi connectivity index (χ3n) is 2.05. The average molecular weight is 241 g/mol. The molecule has 0 aliphatic heterocycles. The third-order valence-corrected chi connectivity index (χ3v) is 2.05. The highest BCUT2D eigenvalue weighted by Crippen LogP contribution is 2.25. The predicted molar refractivity (Wildman–Crippen MR) is 62.4 cm³/mol. The van der Waals surface area contributed by atoms with Gasteiger partial charge < -0.3 is 14.8 Å². The molecule has 0 aliphatic rings. The van der Waals surface area contributed by atoms with E-state index < -0.39 is 4.92 Å². The van der Waals surface area contributed by atoms with Crippen molar-refractivity contribution in [1.82, 2.24) is 4.98 Å². The molecule has 0 amide bonds. The van der Waals surface area contributed by atoms with Crippen LogP contribution in [0.4, 0.5) is 11.5 Å². The van der Waals surface area contributed by atoms with Gasteiger partial charge in [-0.15, -0.1) is 0 Å². The number of pyridine rings is 1. The molecule has 1 unspecified atom stereocenters. The highest BCUT2D eigenvalue weighted by atomic mass is 16.6. The van der Waals surface area contributed by atoms with E-state index in [9.17, 15) is 10.1 Å². The lowest BCUT2D eigenvalue weighted by Crippen LogP contribution is -2.22. The summed E-state index contributed by atoms with van der Waals surface area (Å²) in [4.78, 5) is 14.3. The van der Waals surface area contributed by atoms with Crippen LogP contribution in [-0.2, 0) is 4.74 Å². The summed E-state index contributed by atoms with van der Waals surface area (Å²) in [6.07, 6.45) is 0. The van der Waals surface area contributed by atoms with Crippen molar-refractivity contribution < 1.29 is 14.4 Å². The van der Waals surface area contributed by atoms with Crippen molar-refractivity contribution in [2.75, 3.05) is 26.1 Å². The second-order valence-corrected chi connectivity index (χ2v) is 3.48. The number of hydrogen-bond acceptors (Lipinski definition) is 6. The van der Waals surface area contributed by atoms with Crippen LogP contribution in [0.15, 0.2) is 12.1 Å². The number of aromatic nitrogens is 1. The maximum absolute atomic E-state index is 10.8. The number of nitro groups is 1. The minimum absolute atomic E-state index is 0.0849. The lowest BCUT2D eigenvalue weighted by molar-refractivity contribution is -0.384. The van der Waals surface area contributed by atoms with Crippen molar-refractivity contribution >= 4 is 11.5 Å². The highest BCUT2D eigenvalue weighted by molar-refractivity contribution is 5.57. The molecule has 1 N–H and O–H groups in total. The smallest absolute Gasteiger partial charge is 0.311 e. The Hall–Kier alpha value is -1.89. The van der Waals surface area contributed by atoms with Crippen molar-refractivity contribution in [3.05, 3.63) is 22.2 Å². The van der Waals surface area contributed by atoms with Crippen LogP contribution in [0.5, 0.6) is 5.88 Å². The Morgan fingerprint density at radius 3 is 2.76 bits per heavy atom. The van der Waals surface area contributed by atoms with Gasteiger partial charge in [-0.05, 0) is 6.92 Å². The second kappa shape index (κ2) is 6.00. The van der Waals surface area contributed by atoms with Crippen LogP contribution in [-0.4, -0.2) is 36.8 Å². The number of nitrogens with one attached hydrogen (secondary N) is 1. The van der Waals surface area contributed by atoms with Gasteiger partial charge in [0.2, 0.25) is 11.7 Å². The van der Waals surface area contributed by atoms with Crippen LogP contribution >= 0.6 is 0 Å². The van der Waals surface area contributed by atoms with Crippen molar-refractivity contribution in [1.29, 1.82) is 0 Å². The summed E-state index contributed by atoms with van der Waals surface area (Å²) >= 11 is 0. The average Bonchev–Trinajstić information content (AvgIpc) is 2.28. The third kappa shape index (κ3) is 3.56. The zero-order chi connectivity index (χ0) is 12.8. The molecule has 7 heteroatoms. The standard InChI is InChI=1S/C10H15N3O4/c1-7(6-16-2)11-10-8(13(14)15)4-5-9(12-10)17-3/h4-5,7H,6H2,1-3H3,(H,11,12). The first-order valence-corrected chi connectivity index (χ1v) is 5.03. The van der Waals surface area contributed by atoms with E-state index in [0.717, 1.165) is 0 Å². The maximum Gasteiger partial charge on any atom is 0.311 e. The largest absolute Gasteiger partial charge is 0.481 e. The van der Waals surface area contributed by atoms with Gasteiger partial charge in [0.25, 0.3) is 0 Å². The Kier molecular flexibility index (Phi) is 4.65. The molecule has 7 nitrogen and oxygen atoms in total. The van der Waals surface area contributed by atoms with Crippen LogP contribution in [0.3, 0.4) is 0 Å². The van der Waals surface area contributed by atoms with Crippen LogP contribution in [0.1, 0.15) is 6.92 Å². The van der Waals surface area contributed by atoms with Gasteiger partial charge in [-0.1, -0.05) is 0 Å². The molecule has 0 saturated carbocycles.